The number of rotatable bonds is 15. The summed E-state index contributed by atoms with van der Waals surface area (Å²) in [6.45, 7) is 1.88. The Labute approximate surface area is 212 Å². The molecule has 3 unspecified atom stereocenters. The number of methoxy groups -OCH3 is 1. The number of nitrogens with zero attached hydrogens (tertiary/aromatic N) is 1. The van der Waals surface area contributed by atoms with Gasteiger partial charge in [-0.05, 0) is 61.2 Å². The van der Waals surface area contributed by atoms with Crippen LogP contribution in [0, 0.1) is 0 Å². The van der Waals surface area contributed by atoms with E-state index in [0.717, 1.165) is 5.75 Å². The lowest BCUT2D eigenvalue weighted by atomic mass is 10.0. The van der Waals surface area contributed by atoms with Gasteiger partial charge in [0, 0.05) is 19.6 Å². The molecule has 3 N–H and O–H groups in total. The van der Waals surface area contributed by atoms with Gasteiger partial charge in [-0.1, -0.05) is 12.1 Å². The first kappa shape index (κ1) is 27.7. The zero-order valence-electron chi connectivity index (χ0n) is 20.8. The van der Waals surface area contributed by atoms with Gasteiger partial charge in [0.2, 0.25) is 5.91 Å². The highest BCUT2D eigenvalue weighted by atomic mass is 19.1. The van der Waals surface area contributed by atoms with Crippen molar-refractivity contribution in [3.8, 4) is 17.2 Å². The van der Waals surface area contributed by atoms with Crippen molar-refractivity contribution in [1.29, 1.82) is 0 Å². The number of β-amino-alcohol motifs (C(OH)–C–C–N with tert-alkyl or cyclic N) is 1. The summed E-state index contributed by atoms with van der Waals surface area (Å²) < 4.78 is 28.6. The van der Waals surface area contributed by atoms with Gasteiger partial charge in [0.1, 0.15) is 23.4 Å². The van der Waals surface area contributed by atoms with E-state index in [1.54, 1.807) is 55.6 Å². The van der Waals surface area contributed by atoms with Crippen LogP contribution in [0.5, 0.6) is 17.2 Å². The van der Waals surface area contributed by atoms with E-state index in [4.69, 9.17) is 14.2 Å². The monoisotopic (exact) mass is 504 g/mol. The van der Waals surface area contributed by atoms with Crippen LogP contribution in [-0.2, 0) is 4.79 Å². The van der Waals surface area contributed by atoms with Crippen molar-refractivity contribution in [3.63, 3.8) is 0 Å². The highest BCUT2D eigenvalue weighted by molar-refractivity contribution is 5.76. The molecular formula is C27H37FN2O6. The molecular weight excluding hydrogens is 467 g/mol. The number of hydrogen-bond donors (Lipinski definition) is 3. The number of aliphatic hydroxyl groups is 2. The van der Waals surface area contributed by atoms with Crippen LogP contribution < -0.4 is 19.5 Å². The van der Waals surface area contributed by atoms with Crippen molar-refractivity contribution < 1.29 is 33.6 Å². The van der Waals surface area contributed by atoms with Gasteiger partial charge in [-0.15, -0.1) is 0 Å². The molecule has 36 heavy (non-hydrogen) atoms. The number of hydrogen-bond acceptors (Lipinski definition) is 7. The normalized spacial score (nSPS) is 17.4. The molecule has 2 aromatic rings. The number of nitrogens with one attached hydrogen (secondary N) is 1. The van der Waals surface area contributed by atoms with Gasteiger partial charge in [-0.3, -0.25) is 14.1 Å². The third-order valence-electron chi connectivity index (χ3n) is 6.11. The fourth-order valence-electron chi connectivity index (χ4n) is 4.07. The first-order valence-corrected chi connectivity index (χ1v) is 12.4. The fraction of sp³-hybridized carbons (Fsp3) is 0.519. The molecule has 1 saturated heterocycles. The smallest absolute Gasteiger partial charge is 0.223 e. The number of amides is 1. The molecule has 0 aliphatic carbocycles. The average molecular weight is 505 g/mol. The van der Waals surface area contributed by atoms with E-state index >= 15 is 0 Å². The number of benzene rings is 2. The van der Waals surface area contributed by atoms with Gasteiger partial charge in [-0.25, -0.2) is 0 Å². The maximum Gasteiger partial charge on any atom is 0.223 e. The molecule has 1 aliphatic rings. The van der Waals surface area contributed by atoms with Crippen LogP contribution in [0.2, 0.25) is 0 Å². The third kappa shape index (κ3) is 8.96. The Morgan fingerprint density at radius 3 is 2.31 bits per heavy atom. The number of alkyl halides is 1. The number of aliphatic hydroxyl groups excluding tert-OH is 2. The molecule has 0 aromatic heterocycles. The van der Waals surface area contributed by atoms with Crippen LogP contribution in [0.1, 0.15) is 37.4 Å². The lowest BCUT2D eigenvalue weighted by Crippen LogP contribution is -2.47. The van der Waals surface area contributed by atoms with E-state index in [9.17, 15) is 19.4 Å². The Morgan fingerprint density at radius 1 is 1.06 bits per heavy atom. The second-order valence-electron chi connectivity index (χ2n) is 8.91. The predicted molar refractivity (Wildman–Crippen MR) is 134 cm³/mol. The van der Waals surface area contributed by atoms with Gasteiger partial charge in [0.25, 0.3) is 0 Å². The molecule has 0 saturated carbocycles. The van der Waals surface area contributed by atoms with E-state index in [1.807, 2.05) is 4.90 Å². The standard InChI is InChI=1S/C27H37FN2O6/c1-34-22-8-10-24(11-9-22)36-17-13-26(32)29-25(19-30-15-12-21(31)18-30)27(33)20-4-6-23(7-5-20)35-16-3-2-14-28/h4-11,21,25,27,31,33H,2-3,12-19H2,1H3,(H,29,32). The molecule has 0 radical (unpaired) electrons. The summed E-state index contributed by atoms with van der Waals surface area (Å²) in [5.41, 5.74) is 0.644. The number of carbonyl (C=O) groups excluding carboxylic acids is 1. The minimum atomic E-state index is -0.949. The number of halogens is 1. The highest BCUT2D eigenvalue weighted by Gasteiger charge is 2.29. The zero-order valence-corrected chi connectivity index (χ0v) is 20.8. The number of likely N-dealkylation sites (tertiary alicyclic amines) is 1. The Balaban J connectivity index is 1.56. The molecule has 1 aliphatic heterocycles. The van der Waals surface area contributed by atoms with Crippen LogP contribution in [0.25, 0.3) is 0 Å². The third-order valence-corrected chi connectivity index (χ3v) is 6.11. The molecule has 1 heterocycles. The topological polar surface area (TPSA) is 100 Å². The molecule has 0 bridgehead atoms. The first-order valence-electron chi connectivity index (χ1n) is 12.4. The SMILES string of the molecule is COc1ccc(OCCC(=O)NC(CN2CCC(O)C2)C(O)c2ccc(OCCCCF)cc2)cc1. The van der Waals surface area contributed by atoms with Crippen molar-refractivity contribution in [2.75, 3.05) is 46.6 Å². The molecule has 198 valence electrons. The highest BCUT2D eigenvalue weighted by Crippen LogP contribution is 2.23. The van der Waals surface area contributed by atoms with Crippen molar-refractivity contribution in [2.45, 2.75) is 43.9 Å². The van der Waals surface area contributed by atoms with Gasteiger partial charge in [-0.2, -0.15) is 0 Å². The summed E-state index contributed by atoms with van der Waals surface area (Å²) >= 11 is 0. The molecule has 9 heteroatoms. The number of carbonyl (C=O) groups is 1. The molecule has 8 nitrogen and oxygen atoms in total. The van der Waals surface area contributed by atoms with E-state index in [0.29, 0.717) is 62.6 Å². The van der Waals surface area contributed by atoms with E-state index in [2.05, 4.69) is 5.32 Å². The minimum Gasteiger partial charge on any atom is -0.497 e. The van der Waals surface area contributed by atoms with Crippen molar-refractivity contribution in [1.82, 2.24) is 10.2 Å². The van der Waals surface area contributed by atoms with Gasteiger partial charge in [0.05, 0.1) is 45.6 Å². The molecule has 1 amide bonds. The summed E-state index contributed by atoms with van der Waals surface area (Å²) in [5.74, 6) is 1.77. The zero-order chi connectivity index (χ0) is 25.8. The summed E-state index contributed by atoms with van der Waals surface area (Å²) in [6, 6.07) is 13.6. The summed E-state index contributed by atoms with van der Waals surface area (Å²) in [5, 5.41) is 24.0. The Bertz CT molecular complexity index is 911. The maximum absolute atomic E-state index is 12.7. The van der Waals surface area contributed by atoms with E-state index in [-0.39, 0.29) is 25.6 Å². The van der Waals surface area contributed by atoms with E-state index < -0.39 is 18.2 Å². The van der Waals surface area contributed by atoms with Crippen molar-refractivity contribution >= 4 is 5.91 Å². The van der Waals surface area contributed by atoms with Crippen LogP contribution >= 0.6 is 0 Å². The number of unbranched alkanes of at least 4 members (excludes halogenated alkanes) is 1. The second-order valence-corrected chi connectivity index (χ2v) is 8.91. The fourth-order valence-corrected chi connectivity index (χ4v) is 4.07. The second kappa shape index (κ2) is 14.6. The molecule has 3 atom stereocenters. The van der Waals surface area contributed by atoms with Crippen molar-refractivity contribution in [2.24, 2.45) is 0 Å². The molecule has 2 aromatic carbocycles. The molecule has 1 fully saturated rings. The summed E-state index contributed by atoms with van der Waals surface area (Å²) in [6.07, 6.45) is 0.553. The van der Waals surface area contributed by atoms with E-state index in [1.165, 1.54) is 0 Å². The number of ether oxygens (including phenoxy) is 3. The van der Waals surface area contributed by atoms with Gasteiger partial charge in [0.15, 0.2) is 0 Å². The van der Waals surface area contributed by atoms with Crippen LogP contribution in [-0.4, -0.2) is 79.8 Å². The Morgan fingerprint density at radius 2 is 1.69 bits per heavy atom. The Kier molecular flexibility index (Phi) is 11.3. The predicted octanol–water partition coefficient (Wildman–Crippen LogP) is 2.88. The average Bonchev–Trinajstić information content (AvgIpc) is 3.31. The van der Waals surface area contributed by atoms with Gasteiger partial charge < -0.3 is 29.7 Å². The first-order chi connectivity index (χ1) is 17.5. The van der Waals surface area contributed by atoms with Crippen molar-refractivity contribution in [3.05, 3.63) is 54.1 Å². The van der Waals surface area contributed by atoms with Gasteiger partial charge >= 0.3 is 0 Å². The minimum absolute atomic E-state index is 0.129. The quantitative estimate of drug-likeness (QED) is 0.321. The maximum atomic E-state index is 12.7. The molecule has 0 spiro atoms. The van der Waals surface area contributed by atoms with Crippen LogP contribution in [0.15, 0.2) is 48.5 Å². The van der Waals surface area contributed by atoms with Crippen LogP contribution in [0.3, 0.4) is 0 Å². The lowest BCUT2D eigenvalue weighted by molar-refractivity contribution is -0.123. The van der Waals surface area contributed by atoms with Crippen LogP contribution in [0.4, 0.5) is 4.39 Å². The largest absolute Gasteiger partial charge is 0.497 e. The lowest BCUT2D eigenvalue weighted by Gasteiger charge is -2.29. The summed E-state index contributed by atoms with van der Waals surface area (Å²) in [4.78, 5) is 14.7. The summed E-state index contributed by atoms with van der Waals surface area (Å²) in [7, 11) is 1.59. The molecule has 3 rings (SSSR count). The Hall–Kier alpha value is -2.88.